The van der Waals surface area contributed by atoms with E-state index in [9.17, 15) is 0 Å². The van der Waals surface area contributed by atoms with Crippen LogP contribution in [0.5, 0.6) is 0 Å². The minimum Gasteiger partial charge on any atom is -0.311 e. The summed E-state index contributed by atoms with van der Waals surface area (Å²) >= 11 is 0. The van der Waals surface area contributed by atoms with E-state index in [0.29, 0.717) is 0 Å². The van der Waals surface area contributed by atoms with Gasteiger partial charge in [-0.25, -0.2) is 0 Å². The lowest BCUT2D eigenvalue weighted by atomic mass is 9.33. The van der Waals surface area contributed by atoms with E-state index in [1.807, 2.05) is 0 Å². The van der Waals surface area contributed by atoms with Crippen molar-refractivity contribution in [3.8, 4) is 0 Å². The van der Waals surface area contributed by atoms with Crippen LogP contribution in [0.25, 0.3) is 0 Å². The molecule has 7 aromatic carbocycles. The first-order valence-corrected chi connectivity index (χ1v) is 20.2. The average Bonchev–Trinajstić information content (AvgIpc) is 3.23. The van der Waals surface area contributed by atoms with Gasteiger partial charge in [-0.2, -0.15) is 0 Å². The van der Waals surface area contributed by atoms with Crippen LogP contribution < -0.4 is 31.1 Å². The number of hydrogen-bond acceptors (Lipinski definition) is 3. The van der Waals surface area contributed by atoms with Gasteiger partial charge in [0.2, 0.25) is 0 Å². The number of benzene rings is 7. The largest absolute Gasteiger partial charge is 0.311 e. The third kappa shape index (κ3) is 6.30. The Balaban J connectivity index is 1.29. The second kappa shape index (κ2) is 15.0. The molecule has 2 aliphatic heterocycles. The van der Waals surface area contributed by atoms with Gasteiger partial charge in [-0.15, -0.1) is 0 Å². The van der Waals surface area contributed by atoms with Crippen LogP contribution >= 0.6 is 0 Å². The molecule has 0 aromatic heterocycles. The number of fused-ring (bicyclic) bond motifs is 4. The minimum atomic E-state index is 0.0786. The molecule has 2 heterocycles. The van der Waals surface area contributed by atoms with Crippen LogP contribution in [0.15, 0.2) is 164 Å². The number of rotatable bonds is 11. The highest BCUT2D eigenvalue weighted by Crippen LogP contribution is 2.46. The zero-order valence-electron chi connectivity index (χ0n) is 32.3. The number of hydrogen-bond donors (Lipinski definition) is 0. The molecule has 0 saturated heterocycles. The maximum atomic E-state index is 2.54. The molecule has 0 N–H and O–H groups in total. The van der Waals surface area contributed by atoms with E-state index in [-0.39, 0.29) is 6.71 Å². The summed E-state index contributed by atoms with van der Waals surface area (Å²) in [5.41, 5.74) is 19.0. The van der Waals surface area contributed by atoms with Crippen molar-refractivity contribution in [2.24, 2.45) is 0 Å². The van der Waals surface area contributed by atoms with E-state index < -0.39 is 0 Å². The van der Waals surface area contributed by atoms with Gasteiger partial charge in [-0.3, -0.25) is 0 Å². The Morgan fingerprint density at radius 1 is 0.473 bits per heavy atom. The fraction of sp³-hybridized carbons (Fsp3) is 0.176. The van der Waals surface area contributed by atoms with Crippen LogP contribution in [-0.2, 0) is 12.8 Å². The molecule has 270 valence electrons. The van der Waals surface area contributed by atoms with Crippen molar-refractivity contribution in [2.45, 2.75) is 59.3 Å². The lowest BCUT2D eigenvalue weighted by Crippen LogP contribution is -2.61. The molecule has 0 unspecified atom stereocenters. The van der Waals surface area contributed by atoms with Crippen LogP contribution in [0, 0.1) is 6.92 Å². The molecular weight excluding hydrogens is 665 g/mol. The maximum absolute atomic E-state index is 2.54. The molecule has 3 nitrogen and oxygen atoms in total. The summed E-state index contributed by atoms with van der Waals surface area (Å²) in [6, 6.07) is 60.9. The lowest BCUT2D eigenvalue weighted by molar-refractivity contribution is 0.791. The van der Waals surface area contributed by atoms with E-state index in [2.05, 4.69) is 199 Å². The molecular formula is C51H48BN3. The summed E-state index contributed by atoms with van der Waals surface area (Å²) in [6.45, 7) is 6.93. The van der Waals surface area contributed by atoms with Crippen LogP contribution in [0.4, 0.5) is 51.2 Å². The molecule has 2 aliphatic rings. The van der Waals surface area contributed by atoms with Crippen LogP contribution in [0.2, 0.25) is 0 Å². The fourth-order valence-corrected chi connectivity index (χ4v) is 8.85. The highest BCUT2D eigenvalue weighted by atomic mass is 15.2. The highest BCUT2D eigenvalue weighted by Gasteiger charge is 2.43. The molecule has 0 radical (unpaired) electrons. The van der Waals surface area contributed by atoms with Gasteiger partial charge in [0.1, 0.15) is 0 Å². The van der Waals surface area contributed by atoms with Crippen LogP contribution in [-0.4, -0.2) is 6.71 Å². The van der Waals surface area contributed by atoms with Gasteiger partial charge in [0.05, 0.1) is 0 Å². The van der Waals surface area contributed by atoms with Crippen molar-refractivity contribution < 1.29 is 0 Å². The summed E-state index contributed by atoms with van der Waals surface area (Å²) in [6.07, 6.45) is 6.99. The Labute approximate surface area is 327 Å². The first kappa shape index (κ1) is 34.8. The average molecular weight is 714 g/mol. The molecule has 0 spiro atoms. The predicted molar refractivity (Wildman–Crippen MR) is 237 cm³/mol. The molecule has 0 saturated carbocycles. The number of aryl methyl sites for hydroxylation is 3. The minimum absolute atomic E-state index is 0.0786. The standard InChI is InChI=1S/C51H48BN3/c1-4-6-18-38-28-33-47-46(35-38)52-45-32-31-44(53(40-20-11-8-12-21-40)41-22-13-9-14-23-41)36-50(45)54(42-24-15-10-16-25-42)48-26-17-27-49(51(48)52)55(47)43-30-29-39(19-7-5-2)37(3)34-43/h8-17,20-36H,4-7,18-19H2,1-3H3. The normalized spacial score (nSPS) is 12.6. The first-order chi connectivity index (χ1) is 27.1. The fourth-order valence-electron chi connectivity index (χ4n) is 8.85. The van der Waals surface area contributed by atoms with Crippen molar-refractivity contribution in [3.05, 3.63) is 180 Å². The van der Waals surface area contributed by atoms with Crippen LogP contribution in [0.3, 0.4) is 0 Å². The summed E-state index contributed by atoms with van der Waals surface area (Å²) in [5.74, 6) is 0. The molecule has 7 aromatic rings. The van der Waals surface area contributed by atoms with Crippen molar-refractivity contribution in [1.29, 1.82) is 0 Å². The van der Waals surface area contributed by atoms with E-state index in [1.165, 1.54) is 87.2 Å². The van der Waals surface area contributed by atoms with Gasteiger partial charge in [0, 0.05) is 51.2 Å². The van der Waals surface area contributed by atoms with E-state index in [1.54, 1.807) is 0 Å². The summed E-state index contributed by atoms with van der Waals surface area (Å²) in [7, 11) is 0. The predicted octanol–water partition coefficient (Wildman–Crippen LogP) is 12.2. The topological polar surface area (TPSA) is 9.72 Å². The van der Waals surface area contributed by atoms with Gasteiger partial charge in [0.15, 0.2) is 0 Å². The Morgan fingerprint density at radius 2 is 1.11 bits per heavy atom. The monoisotopic (exact) mass is 713 g/mol. The van der Waals surface area contributed by atoms with Crippen molar-refractivity contribution >= 4 is 74.3 Å². The van der Waals surface area contributed by atoms with E-state index >= 15 is 0 Å². The Kier molecular flexibility index (Phi) is 9.50. The van der Waals surface area contributed by atoms with Gasteiger partial charge in [-0.05, 0) is 145 Å². The Bertz CT molecular complexity index is 2400. The summed E-state index contributed by atoms with van der Waals surface area (Å²) < 4.78 is 0. The second-order valence-corrected chi connectivity index (χ2v) is 15.1. The first-order valence-electron chi connectivity index (χ1n) is 20.2. The molecule has 0 bridgehead atoms. The molecule has 0 fully saturated rings. The van der Waals surface area contributed by atoms with Crippen molar-refractivity contribution in [2.75, 3.05) is 14.7 Å². The van der Waals surface area contributed by atoms with Gasteiger partial charge in [0.25, 0.3) is 6.71 Å². The molecule has 0 atom stereocenters. The number of unbranched alkanes of at least 4 members (excludes halogenated alkanes) is 2. The zero-order valence-corrected chi connectivity index (χ0v) is 32.3. The highest BCUT2D eigenvalue weighted by molar-refractivity contribution is 7.00. The van der Waals surface area contributed by atoms with E-state index in [0.717, 1.165) is 35.6 Å². The summed E-state index contributed by atoms with van der Waals surface area (Å²) in [5, 5.41) is 0. The molecule has 0 amide bonds. The lowest BCUT2D eigenvalue weighted by Gasteiger charge is -2.44. The molecule has 4 heteroatoms. The van der Waals surface area contributed by atoms with Gasteiger partial charge in [-0.1, -0.05) is 112 Å². The van der Waals surface area contributed by atoms with Crippen LogP contribution in [0.1, 0.15) is 56.2 Å². The smallest absolute Gasteiger partial charge is 0.252 e. The quantitative estimate of drug-likeness (QED) is 0.124. The number of para-hydroxylation sites is 3. The molecule has 9 rings (SSSR count). The Morgan fingerprint density at radius 3 is 1.76 bits per heavy atom. The maximum Gasteiger partial charge on any atom is 0.252 e. The van der Waals surface area contributed by atoms with Gasteiger partial charge >= 0.3 is 0 Å². The zero-order chi connectivity index (χ0) is 37.3. The second-order valence-electron chi connectivity index (χ2n) is 15.1. The Hall–Kier alpha value is -6.00. The number of anilines is 9. The van der Waals surface area contributed by atoms with E-state index in [4.69, 9.17) is 0 Å². The molecule has 55 heavy (non-hydrogen) atoms. The third-order valence-electron chi connectivity index (χ3n) is 11.5. The molecule has 0 aliphatic carbocycles. The van der Waals surface area contributed by atoms with Crippen molar-refractivity contribution in [3.63, 3.8) is 0 Å². The third-order valence-corrected chi connectivity index (χ3v) is 11.5. The van der Waals surface area contributed by atoms with Crippen molar-refractivity contribution in [1.82, 2.24) is 0 Å². The van der Waals surface area contributed by atoms with Gasteiger partial charge < -0.3 is 14.7 Å². The summed E-state index contributed by atoms with van der Waals surface area (Å²) in [4.78, 5) is 7.42. The number of nitrogens with zero attached hydrogens (tertiary/aromatic N) is 3. The SMILES string of the molecule is CCCCc1ccc2c(c1)B1c3ccc(N(c4ccccc4)c4ccccc4)cc3N(c3ccccc3)c3cccc(c31)N2c1ccc(CCCC)c(C)c1.